The zero-order valence-corrected chi connectivity index (χ0v) is 10.3. The van der Waals surface area contributed by atoms with Gasteiger partial charge in [-0.05, 0) is 40.0 Å². The zero-order valence-electron chi connectivity index (χ0n) is 10.3. The number of allylic oxidation sites excluding steroid dienone is 2. The van der Waals surface area contributed by atoms with E-state index in [-0.39, 0.29) is 17.5 Å². The van der Waals surface area contributed by atoms with Crippen LogP contribution in [0.2, 0.25) is 0 Å². The number of hydrogen-bond acceptors (Lipinski definition) is 2. The van der Waals surface area contributed by atoms with Gasteiger partial charge in [0.25, 0.3) is 0 Å². The van der Waals surface area contributed by atoms with E-state index in [4.69, 9.17) is 4.74 Å². The molecule has 0 saturated heterocycles. The maximum Gasteiger partial charge on any atom is 0.302 e. The second-order valence-electron chi connectivity index (χ2n) is 4.95. The lowest BCUT2D eigenvalue weighted by Crippen LogP contribution is -2.41. The number of carbonyl (C=O) groups excluding carboxylic acids is 1. The maximum absolute atomic E-state index is 10.9. The second kappa shape index (κ2) is 4.82. The van der Waals surface area contributed by atoms with Crippen LogP contribution in [0.3, 0.4) is 0 Å². The SMILES string of the molecule is CC(=O)OC(C)C1(CC=C(C)C)CCC1. The lowest BCUT2D eigenvalue weighted by molar-refractivity contribution is -0.156. The highest BCUT2D eigenvalue weighted by Gasteiger charge is 2.42. The van der Waals surface area contributed by atoms with Crippen molar-refractivity contribution in [2.45, 2.75) is 59.5 Å². The Morgan fingerprint density at radius 1 is 1.40 bits per heavy atom. The molecule has 1 fully saturated rings. The average Bonchev–Trinajstić information content (AvgIpc) is 1.99. The molecule has 86 valence electrons. The molecule has 1 unspecified atom stereocenters. The van der Waals surface area contributed by atoms with Crippen LogP contribution in [-0.2, 0) is 9.53 Å². The minimum atomic E-state index is -0.161. The lowest BCUT2D eigenvalue weighted by atomic mass is 9.63. The molecule has 1 aliphatic rings. The molecule has 0 aromatic rings. The van der Waals surface area contributed by atoms with Crippen LogP contribution in [0, 0.1) is 5.41 Å². The molecule has 0 aromatic carbocycles. The van der Waals surface area contributed by atoms with Crippen molar-refractivity contribution >= 4 is 5.97 Å². The average molecular weight is 210 g/mol. The Morgan fingerprint density at radius 3 is 2.33 bits per heavy atom. The van der Waals surface area contributed by atoms with Crippen molar-refractivity contribution in [1.82, 2.24) is 0 Å². The molecule has 2 heteroatoms. The van der Waals surface area contributed by atoms with E-state index >= 15 is 0 Å². The first-order valence-corrected chi connectivity index (χ1v) is 5.77. The van der Waals surface area contributed by atoms with Gasteiger partial charge in [0.15, 0.2) is 0 Å². The van der Waals surface area contributed by atoms with Crippen molar-refractivity contribution in [3.63, 3.8) is 0 Å². The summed E-state index contributed by atoms with van der Waals surface area (Å²) in [7, 11) is 0. The van der Waals surface area contributed by atoms with Gasteiger partial charge in [-0.1, -0.05) is 18.1 Å². The van der Waals surface area contributed by atoms with Crippen LogP contribution < -0.4 is 0 Å². The summed E-state index contributed by atoms with van der Waals surface area (Å²) in [4.78, 5) is 10.9. The summed E-state index contributed by atoms with van der Waals surface area (Å²) >= 11 is 0. The Balaban J connectivity index is 2.59. The van der Waals surface area contributed by atoms with Gasteiger partial charge in [-0.3, -0.25) is 4.79 Å². The van der Waals surface area contributed by atoms with Gasteiger partial charge in [-0.25, -0.2) is 0 Å². The predicted octanol–water partition coefficient (Wildman–Crippen LogP) is 3.46. The highest BCUT2D eigenvalue weighted by atomic mass is 16.5. The van der Waals surface area contributed by atoms with Gasteiger partial charge in [-0.2, -0.15) is 0 Å². The van der Waals surface area contributed by atoms with Gasteiger partial charge >= 0.3 is 5.97 Å². The van der Waals surface area contributed by atoms with Gasteiger partial charge in [0.05, 0.1) is 0 Å². The van der Waals surface area contributed by atoms with E-state index in [0.29, 0.717) is 0 Å². The smallest absolute Gasteiger partial charge is 0.302 e. The van der Waals surface area contributed by atoms with Crippen molar-refractivity contribution in [2.24, 2.45) is 5.41 Å². The third-order valence-electron chi connectivity index (χ3n) is 3.47. The van der Waals surface area contributed by atoms with E-state index in [9.17, 15) is 4.79 Å². The molecule has 0 aliphatic heterocycles. The van der Waals surface area contributed by atoms with Gasteiger partial charge in [0.1, 0.15) is 6.10 Å². The summed E-state index contributed by atoms with van der Waals surface area (Å²) in [5, 5.41) is 0. The van der Waals surface area contributed by atoms with Gasteiger partial charge in [-0.15, -0.1) is 0 Å². The molecule has 0 aromatic heterocycles. The first-order valence-electron chi connectivity index (χ1n) is 5.77. The Labute approximate surface area is 92.7 Å². The number of carbonyl (C=O) groups is 1. The first-order chi connectivity index (χ1) is 6.96. The van der Waals surface area contributed by atoms with E-state index in [1.807, 2.05) is 6.92 Å². The van der Waals surface area contributed by atoms with Gasteiger partial charge in [0, 0.05) is 12.3 Å². The third-order valence-corrected chi connectivity index (χ3v) is 3.47. The fraction of sp³-hybridized carbons (Fsp3) is 0.769. The summed E-state index contributed by atoms with van der Waals surface area (Å²) in [6, 6.07) is 0. The molecule has 0 spiro atoms. The van der Waals surface area contributed by atoms with Crippen molar-refractivity contribution in [1.29, 1.82) is 0 Å². The van der Waals surface area contributed by atoms with Crippen LogP contribution in [-0.4, -0.2) is 12.1 Å². The quantitative estimate of drug-likeness (QED) is 0.524. The lowest BCUT2D eigenvalue weighted by Gasteiger charge is -2.45. The topological polar surface area (TPSA) is 26.3 Å². The number of esters is 1. The van der Waals surface area contributed by atoms with Crippen molar-refractivity contribution < 1.29 is 9.53 Å². The van der Waals surface area contributed by atoms with Crippen molar-refractivity contribution in [2.75, 3.05) is 0 Å². The van der Waals surface area contributed by atoms with Crippen molar-refractivity contribution in [3.05, 3.63) is 11.6 Å². The summed E-state index contributed by atoms with van der Waals surface area (Å²) < 4.78 is 5.32. The van der Waals surface area contributed by atoms with Gasteiger partial charge in [0.2, 0.25) is 0 Å². The molecule has 0 N–H and O–H groups in total. The highest BCUT2D eigenvalue weighted by Crippen LogP contribution is 2.48. The van der Waals surface area contributed by atoms with E-state index in [0.717, 1.165) is 6.42 Å². The van der Waals surface area contributed by atoms with Crippen molar-refractivity contribution in [3.8, 4) is 0 Å². The second-order valence-corrected chi connectivity index (χ2v) is 4.95. The minimum absolute atomic E-state index is 0.0550. The standard InChI is InChI=1S/C13H22O2/c1-10(2)6-9-13(7-5-8-13)11(3)15-12(4)14/h6,11H,5,7-9H2,1-4H3. The van der Waals surface area contributed by atoms with E-state index < -0.39 is 0 Å². The minimum Gasteiger partial charge on any atom is -0.462 e. The molecule has 0 amide bonds. The fourth-order valence-electron chi connectivity index (χ4n) is 2.19. The summed E-state index contributed by atoms with van der Waals surface area (Å²) in [5.41, 5.74) is 1.57. The number of hydrogen-bond donors (Lipinski definition) is 0. The molecular weight excluding hydrogens is 188 g/mol. The van der Waals surface area contributed by atoms with Crippen LogP contribution in [0.1, 0.15) is 53.4 Å². The molecule has 1 atom stereocenters. The molecule has 0 heterocycles. The van der Waals surface area contributed by atoms with Gasteiger partial charge < -0.3 is 4.74 Å². The zero-order chi connectivity index (χ0) is 11.5. The third kappa shape index (κ3) is 3.08. The fourth-order valence-corrected chi connectivity index (χ4v) is 2.19. The van der Waals surface area contributed by atoms with E-state index in [1.165, 1.54) is 31.8 Å². The van der Waals surface area contributed by atoms with E-state index in [1.54, 1.807) is 0 Å². The molecular formula is C13H22O2. The molecule has 1 aliphatic carbocycles. The Hall–Kier alpha value is -0.790. The Morgan fingerprint density at radius 2 is 2.00 bits per heavy atom. The maximum atomic E-state index is 10.9. The predicted molar refractivity (Wildman–Crippen MR) is 61.6 cm³/mol. The van der Waals surface area contributed by atoms with Crippen LogP contribution in [0.15, 0.2) is 11.6 Å². The summed E-state index contributed by atoms with van der Waals surface area (Å²) in [6.07, 6.45) is 7.00. The monoisotopic (exact) mass is 210 g/mol. The molecule has 15 heavy (non-hydrogen) atoms. The summed E-state index contributed by atoms with van der Waals surface area (Å²) in [6.45, 7) is 7.74. The molecule has 0 bridgehead atoms. The van der Waals surface area contributed by atoms with Crippen LogP contribution in [0.25, 0.3) is 0 Å². The molecule has 1 rings (SSSR count). The Bertz CT molecular complexity index is 258. The van der Waals surface area contributed by atoms with Crippen LogP contribution in [0.4, 0.5) is 0 Å². The van der Waals surface area contributed by atoms with Crippen LogP contribution >= 0.6 is 0 Å². The molecule has 2 nitrogen and oxygen atoms in total. The largest absolute Gasteiger partial charge is 0.462 e. The normalized spacial score (nSPS) is 20.0. The first kappa shape index (κ1) is 12.3. The molecule has 0 radical (unpaired) electrons. The molecule has 1 saturated carbocycles. The summed E-state index contributed by atoms with van der Waals surface area (Å²) in [5.74, 6) is -0.161. The van der Waals surface area contributed by atoms with Crippen LogP contribution in [0.5, 0.6) is 0 Å². The highest BCUT2D eigenvalue weighted by molar-refractivity contribution is 5.66. The number of rotatable bonds is 4. The Kier molecular flexibility index (Phi) is 3.95. The van der Waals surface area contributed by atoms with E-state index in [2.05, 4.69) is 19.9 Å². The number of ether oxygens (including phenoxy) is 1.